The van der Waals surface area contributed by atoms with Crippen LogP contribution in [0.15, 0.2) is 85.6 Å². The Kier molecular flexibility index (Phi) is 4.18. The number of hydrogen-bond acceptors (Lipinski definition) is 4. The van der Waals surface area contributed by atoms with Crippen LogP contribution in [0.3, 0.4) is 0 Å². The maximum Gasteiger partial charge on any atom is 0.180 e. The zero-order chi connectivity index (χ0) is 18.8. The zero-order valence-corrected chi connectivity index (χ0v) is 15.3. The monoisotopic (exact) mass is 365 g/mol. The van der Waals surface area contributed by atoms with Crippen molar-refractivity contribution >= 4 is 22.2 Å². The topological polar surface area (TPSA) is 55.1 Å². The van der Waals surface area contributed by atoms with Crippen molar-refractivity contribution < 1.29 is 0 Å². The number of fused-ring (bicyclic) bond motifs is 2. The van der Waals surface area contributed by atoms with Gasteiger partial charge in [0.2, 0.25) is 0 Å². The summed E-state index contributed by atoms with van der Waals surface area (Å²) in [5.41, 5.74) is 4.22. The average Bonchev–Trinajstić information content (AvgIpc) is 3.19. The van der Waals surface area contributed by atoms with Crippen molar-refractivity contribution in [1.82, 2.24) is 19.4 Å². The molecular formula is C23H19N5. The average molecular weight is 365 g/mol. The second-order valence-corrected chi connectivity index (χ2v) is 6.71. The van der Waals surface area contributed by atoms with Crippen molar-refractivity contribution in [3.8, 4) is 11.3 Å². The van der Waals surface area contributed by atoms with Crippen molar-refractivity contribution in [2.24, 2.45) is 0 Å². The summed E-state index contributed by atoms with van der Waals surface area (Å²) >= 11 is 0. The van der Waals surface area contributed by atoms with Crippen molar-refractivity contribution in [1.29, 1.82) is 0 Å². The van der Waals surface area contributed by atoms with E-state index in [-0.39, 0.29) is 0 Å². The minimum absolute atomic E-state index is 0.774. The van der Waals surface area contributed by atoms with Crippen LogP contribution >= 0.6 is 0 Å². The third-order valence-corrected chi connectivity index (χ3v) is 4.90. The molecule has 28 heavy (non-hydrogen) atoms. The molecule has 0 atom stereocenters. The predicted octanol–water partition coefficient (Wildman–Crippen LogP) is 4.60. The first-order valence-corrected chi connectivity index (χ1v) is 9.32. The molecule has 5 nitrogen and oxygen atoms in total. The van der Waals surface area contributed by atoms with E-state index in [2.05, 4.69) is 73.2 Å². The molecule has 0 aliphatic carbocycles. The maximum absolute atomic E-state index is 4.63. The number of aromatic nitrogens is 4. The largest absolute Gasteiger partial charge is 0.367 e. The molecule has 1 N–H and O–H groups in total. The predicted molar refractivity (Wildman–Crippen MR) is 112 cm³/mol. The van der Waals surface area contributed by atoms with Crippen LogP contribution in [-0.2, 0) is 6.42 Å². The fraction of sp³-hybridized carbons (Fsp3) is 0.0870. The van der Waals surface area contributed by atoms with Crippen LogP contribution in [-0.4, -0.2) is 25.9 Å². The number of hydrogen-bond donors (Lipinski definition) is 1. The van der Waals surface area contributed by atoms with Gasteiger partial charge >= 0.3 is 0 Å². The van der Waals surface area contributed by atoms with E-state index in [1.165, 1.54) is 16.3 Å². The van der Waals surface area contributed by atoms with Crippen molar-refractivity contribution in [2.45, 2.75) is 6.42 Å². The molecule has 136 valence electrons. The lowest BCUT2D eigenvalue weighted by atomic mass is 10.1. The Morgan fingerprint density at radius 3 is 2.68 bits per heavy atom. The van der Waals surface area contributed by atoms with Crippen LogP contribution in [0.1, 0.15) is 5.56 Å². The van der Waals surface area contributed by atoms with Gasteiger partial charge in [-0.25, -0.2) is 9.97 Å². The van der Waals surface area contributed by atoms with Crippen LogP contribution in [0.2, 0.25) is 0 Å². The molecule has 0 unspecified atom stereocenters. The smallest absolute Gasteiger partial charge is 0.180 e. The van der Waals surface area contributed by atoms with Gasteiger partial charge in [0.05, 0.1) is 11.9 Å². The number of rotatable bonds is 5. The number of nitrogens with zero attached hydrogens (tertiary/aromatic N) is 4. The normalized spacial score (nSPS) is 11.1. The second kappa shape index (κ2) is 7.12. The molecule has 3 heterocycles. The van der Waals surface area contributed by atoms with Crippen LogP contribution in [0.25, 0.3) is 27.7 Å². The summed E-state index contributed by atoms with van der Waals surface area (Å²) in [5.74, 6) is 0.790. The Bertz CT molecular complexity index is 1240. The number of anilines is 1. The third-order valence-electron chi connectivity index (χ3n) is 4.90. The zero-order valence-electron chi connectivity index (χ0n) is 15.3. The van der Waals surface area contributed by atoms with E-state index in [4.69, 9.17) is 0 Å². The molecule has 0 spiro atoms. The number of pyridine rings is 1. The first kappa shape index (κ1) is 16.4. The van der Waals surface area contributed by atoms with Crippen LogP contribution in [0, 0.1) is 0 Å². The summed E-state index contributed by atoms with van der Waals surface area (Å²) in [6, 6.07) is 18.9. The van der Waals surface area contributed by atoms with Gasteiger partial charge in [-0.3, -0.25) is 9.38 Å². The fourth-order valence-electron chi connectivity index (χ4n) is 3.48. The molecule has 0 radical (unpaired) electrons. The van der Waals surface area contributed by atoms with Gasteiger partial charge in [-0.1, -0.05) is 42.5 Å². The van der Waals surface area contributed by atoms with Gasteiger partial charge in [0, 0.05) is 36.9 Å². The molecule has 0 fully saturated rings. The number of nitrogens with one attached hydrogen (secondary N) is 1. The van der Waals surface area contributed by atoms with Gasteiger partial charge in [-0.05, 0) is 34.9 Å². The molecule has 3 aromatic heterocycles. The summed E-state index contributed by atoms with van der Waals surface area (Å²) in [4.78, 5) is 13.3. The first-order valence-electron chi connectivity index (χ1n) is 9.32. The van der Waals surface area contributed by atoms with E-state index in [0.717, 1.165) is 35.7 Å². The lowest BCUT2D eigenvalue weighted by Gasteiger charge is -2.08. The summed E-state index contributed by atoms with van der Waals surface area (Å²) in [6.45, 7) is 0.774. The molecule has 0 bridgehead atoms. The Hall–Kier alpha value is -3.73. The van der Waals surface area contributed by atoms with E-state index >= 15 is 0 Å². The number of imidazole rings is 1. The van der Waals surface area contributed by atoms with Crippen molar-refractivity contribution in [3.05, 3.63) is 91.1 Å². The van der Waals surface area contributed by atoms with E-state index in [1.807, 2.05) is 30.9 Å². The van der Waals surface area contributed by atoms with Crippen LogP contribution in [0.4, 0.5) is 5.82 Å². The van der Waals surface area contributed by atoms with Gasteiger partial charge in [0.15, 0.2) is 11.5 Å². The lowest BCUT2D eigenvalue weighted by Crippen LogP contribution is -2.08. The summed E-state index contributed by atoms with van der Waals surface area (Å²) in [6.07, 6.45) is 10.2. The summed E-state index contributed by atoms with van der Waals surface area (Å²) < 4.78 is 2.09. The van der Waals surface area contributed by atoms with Crippen molar-refractivity contribution in [2.75, 3.05) is 11.9 Å². The van der Waals surface area contributed by atoms with Gasteiger partial charge in [-0.2, -0.15) is 0 Å². The highest BCUT2D eigenvalue weighted by molar-refractivity contribution is 5.87. The van der Waals surface area contributed by atoms with Gasteiger partial charge in [0.1, 0.15) is 0 Å². The standard InChI is InChI=1S/C23H19N5/c1-2-6-19-14-20(8-7-18(19)5-1)21-16-27-23-22(26-12-13-28(21)23)25-11-9-17-4-3-10-24-15-17/h1-8,10,12-16H,9,11H2,(H,25,26). The fourth-order valence-corrected chi connectivity index (χ4v) is 3.48. The molecule has 5 rings (SSSR count). The molecule has 0 amide bonds. The van der Waals surface area contributed by atoms with E-state index in [0.29, 0.717) is 0 Å². The maximum atomic E-state index is 4.63. The van der Waals surface area contributed by atoms with Gasteiger partial charge in [-0.15, -0.1) is 0 Å². The highest BCUT2D eigenvalue weighted by Gasteiger charge is 2.10. The summed E-state index contributed by atoms with van der Waals surface area (Å²) in [5, 5.41) is 5.87. The first-order chi connectivity index (χ1) is 13.9. The summed E-state index contributed by atoms with van der Waals surface area (Å²) in [7, 11) is 0. The third kappa shape index (κ3) is 3.07. The van der Waals surface area contributed by atoms with E-state index < -0.39 is 0 Å². The SMILES string of the molecule is c1cncc(CCNc2nccn3c(-c4ccc5ccccc5c4)cnc23)c1. The minimum Gasteiger partial charge on any atom is -0.367 e. The molecular weight excluding hydrogens is 346 g/mol. The quantitative estimate of drug-likeness (QED) is 0.495. The highest BCUT2D eigenvalue weighted by Crippen LogP contribution is 2.26. The molecule has 2 aromatic carbocycles. The van der Waals surface area contributed by atoms with Crippen LogP contribution < -0.4 is 5.32 Å². The van der Waals surface area contributed by atoms with Gasteiger partial charge in [0.25, 0.3) is 0 Å². The Labute approximate surface area is 162 Å². The molecule has 0 saturated carbocycles. The second-order valence-electron chi connectivity index (χ2n) is 6.71. The van der Waals surface area contributed by atoms with E-state index in [9.17, 15) is 0 Å². The Balaban J connectivity index is 1.44. The molecule has 5 aromatic rings. The number of benzene rings is 2. The highest BCUT2D eigenvalue weighted by atomic mass is 15.1. The lowest BCUT2D eigenvalue weighted by molar-refractivity contribution is 0.987. The molecule has 0 aliphatic rings. The van der Waals surface area contributed by atoms with Crippen LogP contribution in [0.5, 0.6) is 0 Å². The molecule has 0 saturated heterocycles. The molecule has 5 heteroatoms. The Morgan fingerprint density at radius 2 is 1.79 bits per heavy atom. The van der Waals surface area contributed by atoms with Crippen molar-refractivity contribution in [3.63, 3.8) is 0 Å². The van der Waals surface area contributed by atoms with Gasteiger partial charge < -0.3 is 5.32 Å². The van der Waals surface area contributed by atoms with E-state index in [1.54, 1.807) is 6.20 Å². The molecule has 0 aliphatic heterocycles. The Morgan fingerprint density at radius 1 is 0.857 bits per heavy atom. The minimum atomic E-state index is 0.774.